The van der Waals surface area contributed by atoms with Gasteiger partial charge in [0.1, 0.15) is 11.5 Å². The molecule has 10 rings (SSSR count). The number of aromatic nitrogens is 2. The van der Waals surface area contributed by atoms with Gasteiger partial charge in [0.05, 0.1) is 48.1 Å². The van der Waals surface area contributed by atoms with Gasteiger partial charge in [-0.05, 0) is 169 Å². The Kier molecular flexibility index (Phi) is 13.6. The van der Waals surface area contributed by atoms with E-state index in [0.29, 0.717) is 24.5 Å². The summed E-state index contributed by atoms with van der Waals surface area (Å²) in [5.41, 5.74) is 14.0. The summed E-state index contributed by atoms with van der Waals surface area (Å²) < 4.78 is 11.9. The highest BCUT2D eigenvalue weighted by Gasteiger charge is 2.25. The normalized spacial score (nSPS) is 17.3. The van der Waals surface area contributed by atoms with Gasteiger partial charge in [0, 0.05) is 37.6 Å². The molecule has 12 nitrogen and oxygen atoms in total. The van der Waals surface area contributed by atoms with Crippen molar-refractivity contribution >= 4 is 23.3 Å². The van der Waals surface area contributed by atoms with Crippen molar-refractivity contribution in [3.05, 3.63) is 154 Å². The second-order valence-corrected chi connectivity index (χ2v) is 18.0. The van der Waals surface area contributed by atoms with Crippen molar-refractivity contribution in [1.29, 1.82) is 0 Å². The van der Waals surface area contributed by atoms with Crippen molar-refractivity contribution in [2.45, 2.75) is 64.5 Å². The second-order valence-electron chi connectivity index (χ2n) is 18.0. The summed E-state index contributed by atoms with van der Waals surface area (Å²) >= 11 is 0. The molecule has 4 aromatic carbocycles. The monoisotopic (exact) mass is 886 g/mol. The predicted octanol–water partition coefficient (Wildman–Crippen LogP) is 9.69. The smallest absolute Gasteiger partial charge is 0.337 e. The molecular weight excluding hydrogens is 829 g/mol. The minimum absolute atomic E-state index is 0.101. The molecule has 2 aliphatic heterocycles. The molecule has 0 saturated heterocycles. The van der Waals surface area contributed by atoms with Gasteiger partial charge in [-0.2, -0.15) is 0 Å². The lowest BCUT2D eigenvalue weighted by Gasteiger charge is -2.28. The highest BCUT2D eigenvalue weighted by atomic mass is 16.5. The number of hydrogen-bond donors (Lipinski definition) is 6. The van der Waals surface area contributed by atoms with E-state index in [1.807, 2.05) is 0 Å². The number of anilines is 2. The summed E-state index contributed by atoms with van der Waals surface area (Å²) in [4.78, 5) is 31.1. The van der Waals surface area contributed by atoms with Crippen LogP contribution < -0.4 is 30.7 Å². The SMILES string of the molecule is Cc1cc(OCC2CC2)ccc1-c1ccc2c(c1)CCN[C@@H]2CNc1cnccc1C(=O)O.Cc1cc(OCC2CC2)ccc1-c1ccc2c(c1)CCN[C@H]2CNc1cnccc1C(=O)O. The lowest BCUT2D eigenvalue weighted by molar-refractivity contribution is 0.0687. The molecule has 2 atom stereocenters. The lowest BCUT2D eigenvalue weighted by atomic mass is 9.89. The number of carbonyl (C=O) groups is 2. The van der Waals surface area contributed by atoms with Crippen molar-refractivity contribution in [1.82, 2.24) is 20.6 Å². The molecule has 340 valence electrons. The van der Waals surface area contributed by atoms with E-state index in [4.69, 9.17) is 9.47 Å². The van der Waals surface area contributed by atoms with Crippen LogP contribution in [0.5, 0.6) is 11.5 Å². The minimum Gasteiger partial charge on any atom is -0.493 e. The maximum atomic E-state index is 11.5. The van der Waals surface area contributed by atoms with E-state index in [2.05, 4.69) is 118 Å². The van der Waals surface area contributed by atoms with Crippen molar-refractivity contribution in [2.24, 2.45) is 11.8 Å². The van der Waals surface area contributed by atoms with Crippen LogP contribution in [-0.4, -0.2) is 71.5 Å². The van der Waals surface area contributed by atoms with E-state index >= 15 is 0 Å². The van der Waals surface area contributed by atoms with Gasteiger partial charge in [-0.3, -0.25) is 9.97 Å². The Balaban J connectivity index is 0.000000166. The van der Waals surface area contributed by atoms with Gasteiger partial charge in [0.25, 0.3) is 0 Å². The fourth-order valence-corrected chi connectivity index (χ4v) is 8.97. The number of aromatic carboxylic acids is 2. The number of nitrogens with zero attached hydrogens (tertiary/aromatic N) is 2. The maximum absolute atomic E-state index is 11.5. The van der Waals surface area contributed by atoms with Crippen LogP contribution in [0.2, 0.25) is 0 Å². The van der Waals surface area contributed by atoms with Gasteiger partial charge in [0.15, 0.2) is 0 Å². The molecule has 2 aliphatic carbocycles. The van der Waals surface area contributed by atoms with Crippen LogP contribution in [-0.2, 0) is 12.8 Å². The van der Waals surface area contributed by atoms with Gasteiger partial charge in [-0.15, -0.1) is 0 Å². The number of aryl methyl sites for hydroxylation is 2. The number of hydrogen-bond acceptors (Lipinski definition) is 10. The number of fused-ring (bicyclic) bond motifs is 2. The van der Waals surface area contributed by atoms with Crippen molar-refractivity contribution in [2.75, 3.05) is 50.0 Å². The van der Waals surface area contributed by atoms with Gasteiger partial charge in [-0.25, -0.2) is 9.59 Å². The Morgan fingerprint density at radius 2 is 1.05 bits per heavy atom. The molecule has 12 heteroatoms. The van der Waals surface area contributed by atoms with Crippen LogP contribution >= 0.6 is 0 Å². The molecule has 0 radical (unpaired) electrons. The minimum atomic E-state index is -0.958. The molecule has 2 fully saturated rings. The first-order valence-corrected chi connectivity index (χ1v) is 23.2. The van der Waals surface area contributed by atoms with E-state index in [1.54, 1.807) is 12.4 Å². The first-order valence-electron chi connectivity index (χ1n) is 23.2. The number of ether oxygens (including phenoxy) is 2. The number of pyridine rings is 2. The third kappa shape index (κ3) is 10.8. The zero-order chi connectivity index (χ0) is 45.6. The average Bonchev–Trinajstić information content (AvgIpc) is 4.28. The number of nitrogens with one attached hydrogen (secondary N) is 4. The summed E-state index contributed by atoms with van der Waals surface area (Å²) in [7, 11) is 0. The molecule has 4 aliphatic rings. The van der Waals surface area contributed by atoms with Crippen LogP contribution in [0.25, 0.3) is 22.3 Å². The second kappa shape index (κ2) is 20.2. The molecule has 6 N–H and O–H groups in total. The molecule has 2 saturated carbocycles. The molecule has 0 spiro atoms. The van der Waals surface area contributed by atoms with Crippen LogP contribution in [0, 0.1) is 25.7 Å². The number of carboxylic acid groups (broad SMARTS) is 2. The third-order valence-electron chi connectivity index (χ3n) is 13.1. The van der Waals surface area contributed by atoms with Gasteiger partial charge in [0.2, 0.25) is 0 Å². The van der Waals surface area contributed by atoms with Gasteiger partial charge in [-0.1, -0.05) is 48.5 Å². The first kappa shape index (κ1) is 44.4. The lowest BCUT2D eigenvalue weighted by Crippen LogP contribution is -2.34. The van der Waals surface area contributed by atoms with Crippen LogP contribution in [0.1, 0.15) is 91.9 Å². The summed E-state index contributed by atoms with van der Waals surface area (Å²) in [6.45, 7) is 8.87. The Bertz CT molecular complexity index is 2530. The molecule has 66 heavy (non-hydrogen) atoms. The predicted molar refractivity (Wildman–Crippen MR) is 258 cm³/mol. The van der Waals surface area contributed by atoms with E-state index in [0.717, 1.165) is 62.5 Å². The highest BCUT2D eigenvalue weighted by molar-refractivity contribution is 5.94. The van der Waals surface area contributed by atoms with E-state index in [9.17, 15) is 19.8 Å². The molecular formula is C54H58N6O6. The topological polar surface area (TPSA) is 167 Å². The van der Waals surface area contributed by atoms with Crippen molar-refractivity contribution in [3.63, 3.8) is 0 Å². The van der Waals surface area contributed by atoms with Crippen LogP contribution in [0.3, 0.4) is 0 Å². The summed E-state index contributed by atoms with van der Waals surface area (Å²) in [6.07, 6.45) is 13.2. The number of carboxylic acids is 2. The molecule has 6 aromatic rings. The Morgan fingerprint density at radius 1 is 0.606 bits per heavy atom. The maximum Gasteiger partial charge on any atom is 0.337 e. The average molecular weight is 887 g/mol. The van der Waals surface area contributed by atoms with Crippen molar-refractivity contribution in [3.8, 4) is 33.8 Å². The zero-order valence-electron chi connectivity index (χ0n) is 37.6. The van der Waals surface area contributed by atoms with Gasteiger partial charge >= 0.3 is 11.9 Å². The summed E-state index contributed by atoms with van der Waals surface area (Å²) in [6, 6.07) is 29.3. The Labute approximate surface area is 386 Å². The molecule has 2 aromatic heterocycles. The van der Waals surface area contributed by atoms with Crippen LogP contribution in [0.4, 0.5) is 11.4 Å². The van der Waals surface area contributed by atoms with Gasteiger partial charge < -0.3 is 41.0 Å². The van der Waals surface area contributed by atoms with E-state index < -0.39 is 11.9 Å². The summed E-state index contributed by atoms with van der Waals surface area (Å²) in [5, 5.41) is 32.5. The highest BCUT2D eigenvalue weighted by Crippen LogP contribution is 2.36. The molecule has 4 heterocycles. The molecule has 0 unspecified atom stereocenters. The Hall–Kier alpha value is -6.76. The number of benzene rings is 4. The largest absolute Gasteiger partial charge is 0.493 e. The van der Waals surface area contributed by atoms with Crippen molar-refractivity contribution < 1.29 is 29.3 Å². The zero-order valence-corrected chi connectivity index (χ0v) is 37.6. The molecule has 0 amide bonds. The first-order chi connectivity index (χ1) is 32.2. The summed E-state index contributed by atoms with van der Waals surface area (Å²) in [5.74, 6) is 1.48. The van der Waals surface area contributed by atoms with E-state index in [-0.39, 0.29) is 23.2 Å². The molecule has 0 bridgehead atoms. The fraction of sp³-hybridized carbons (Fsp3) is 0.333. The number of rotatable bonds is 16. The van der Waals surface area contributed by atoms with Crippen LogP contribution in [0.15, 0.2) is 110 Å². The fourth-order valence-electron chi connectivity index (χ4n) is 8.97. The van der Waals surface area contributed by atoms with E-state index in [1.165, 1.54) is 106 Å². The standard InChI is InChI=1S/2C27H29N3O3/c2*1-17-12-21(33-16-18-2-3-18)5-7-22(17)19-4-6-23-20(13-19)8-11-29-26(23)15-30-25-14-28-10-9-24(25)27(31)32/h2*4-7,9-10,12-14,18,26,29-30H,2-3,8,11,15-16H2,1H3,(H,31,32)/t2*26-/m10/s1. The third-order valence-corrected chi connectivity index (χ3v) is 13.1. The quantitative estimate of drug-likeness (QED) is 0.0546. The Morgan fingerprint density at radius 3 is 1.44 bits per heavy atom.